The van der Waals surface area contributed by atoms with Crippen LogP contribution in [0, 0.1) is 18.3 Å². The van der Waals surface area contributed by atoms with E-state index in [9.17, 15) is 8.42 Å². The first-order chi connectivity index (χ1) is 7.96. The van der Waals surface area contributed by atoms with Crippen LogP contribution in [0.1, 0.15) is 17.7 Å². The number of nitriles is 1. The van der Waals surface area contributed by atoms with Crippen LogP contribution in [-0.4, -0.2) is 25.3 Å². The number of aryl methyl sites for hydroxylation is 1. The zero-order valence-corrected chi connectivity index (χ0v) is 12.4. The van der Waals surface area contributed by atoms with Crippen LogP contribution < -0.4 is 0 Å². The highest BCUT2D eigenvalue weighted by Gasteiger charge is 2.36. The Morgan fingerprint density at radius 2 is 2.35 bits per heavy atom. The van der Waals surface area contributed by atoms with Crippen LogP contribution in [0.15, 0.2) is 14.7 Å². The van der Waals surface area contributed by atoms with E-state index in [4.69, 9.17) is 5.26 Å². The van der Waals surface area contributed by atoms with Crippen molar-refractivity contribution in [2.45, 2.75) is 30.7 Å². The molecule has 7 heteroatoms. The number of rotatable bonds is 2. The summed E-state index contributed by atoms with van der Waals surface area (Å²) in [5.74, 6) is 0. The fourth-order valence-corrected chi connectivity index (χ4v) is 5.96. The monoisotopic (exact) mass is 334 g/mol. The standard InChI is InChI=1S/C10H11BrN2O2S2/c1-7-9(5-10(11)16-7)17(14,15)13-4-2-3-8(13)6-12/h5,8H,2-4H2,1H3. The third-order valence-corrected chi connectivity index (χ3v) is 6.50. The molecule has 4 nitrogen and oxygen atoms in total. The van der Waals surface area contributed by atoms with Gasteiger partial charge in [-0.05, 0) is 41.8 Å². The van der Waals surface area contributed by atoms with Gasteiger partial charge in [0.2, 0.25) is 10.0 Å². The number of hydrogen-bond donors (Lipinski definition) is 0. The molecule has 1 saturated heterocycles. The second-order valence-electron chi connectivity index (χ2n) is 3.87. The third kappa shape index (κ3) is 2.27. The molecule has 1 aliphatic heterocycles. The van der Waals surface area contributed by atoms with E-state index in [0.717, 1.165) is 15.1 Å². The Morgan fingerprint density at radius 3 is 2.88 bits per heavy atom. The van der Waals surface area contributed by atoms with Crippen LogP contribution in [-0.2, 0) is 10.0 Å². The highest BCUT2D eigenvalue weighted by atomic mass is 79.9. The van der Waals surface area contributed by atoms with Crippen molar-refractivity contribution < 1.29 is 8.42 Å². The highest BCUT2D eigenvalue weighted by molar-refractivity contribution is 9.11. The van der Waals surface area contributed by atoms with Gasteiger partial charge in [-0.1, -0.05) is 0 Å². The van der Waals surface area contributed by atoms with Gasteiger partial charge in [-0.3, -0.25) is 0 Å². The number of sulfonamides is 1. The highest BCUT2D eigenvalue weighted by Crippen LogP contribution is 2.34. The molecule has 1 fully saturated rings. The fourth-order valence-electron chi connectivity index (χ4n) is 1.97. The van der Waals surface area contributed by atoms with Gasteiger partial charge in [0.25, 0.3) is 0 Å². The van der Waals surface area contributed by atoms with Crippen molar-refractivity contribution in [2.75, 3.05) is 6.54 Å². The van der Waals surface area contributed by atoms with Crippen LogP contribution in [0.4, 0.5) is 0 Å². The first-order valence-electron chi connectivity index (χ1n) is 5.14. The summed E-state index contributed by atoms with van der Waals surface area (Å²) in [6.45, 7) is 2.22. The van der Waals surface area contributed by atoms with Crippen LogP contribution in [0.2, 0.25) is 0 Å². The Hall–Kier alpha value is -0.420. The van der Waals surface area contributed by atoms with Crippen LogP contribution >= 0.6 is 27.3 Å². The average molecular weight is 335 g/mol. The second kappa shape index (κ2) is 4.69. The maximum atomic E-state index is 12.4. The van der Waals surface area contributed by atoms with Crippen molar-refractivity contribution in [3.63, 3.8) is 0 Å². The van der Waals surface area contributed by atoms with E-state index in [1.54, 1.807) is 13.0 Å². The van der Waals surface area contributed by atoms with E-state index in [1.165, 1.54) is 15.6 Å². The van der Waals surface area contributed by atoms with Crippen molar-refractivity contribution in [3.8, 4) is 6.07 Å². The lowest BCUT2D eigenvalue weighted by atomic mass is 10.2. The van der Waals surface area contributed by atoms with Gasteiger partial charge in [0.05, 0.1) is 14.8 Å². The van der Waals surface area contributed by atoms with Crippen molar-refractivity contribution in [1.82, 2.24) is 4.31 Å². The molecule has 0 amide bonds. The summed E-state index contributed by atoms with van der Waals surface area (Å²) in [4.78, 5) is 1.07. The maximum absolute atomic E-state index is 12.4. The van der Waals surface area contributed by atoms with Crippen LogP contribution in [0.3, 0.4) is 0 Å². The smallest absolute Gasteiger partial charge is 0.207 e. The Morgan fingerprint density at radius 1 is 1.65 bits per heavy atom. The summed E-state index contributed by atoms with van der Waals surface area (Å²) in [6, 6.07) is 3.15. The zero-order valence-electron chi connectivity index (χ0n) is 9.18. The van der Waals surface area contributed by atoms with Gasteiger partial charge in [-0.25, -0.2) is 8.42 Å². The second-order valence-corrected chi connectivity index (χ2v) is 8.37. The van der Waals surface area contributed by atoms with Gasteiger partial charge in [0.15, 0.2) is 0 Å². The molecule has 1 unspecified atom stereocenters. The molecule has 1 aliphatic rings. The number of halogens is 1. The van der Waals surface area contributed by atoms with Crippen molar-refractivity contribution in [1.29, 1.82) is 5.26 Å². The molecule has 1 aromatic heterocycles. The lowest BCUT2D eigenvalue weighted by Crippen LogP contribution is -2.34. The molecule has 2 heterocycles. The summed E-state index contributed by atoms with van der Waals surface area (Å²) in [6.07, 6.45) is 1.38. The van der Waals surface area contributed by atoms with E-state index in [2.05, 4.69) is 22.0 Å². The molecule has 17 heavy (non-hydrogen) atoms. The van der Waals surface area contributed by atoms with E-state index >= 15 is 0 Å². The minimum atomic E-state index is -3.52. The molecule has 1 aromatic rings. The summed E-state index contributed by atoms with van der Waals surface area (Å²) in [5.41, 5.74) is 0. The summed E-state index contributed by atoms with van der Waals surface area (Å²) in [7, 11) is -3.52. The normalized spacial score (nSPS) is 21.6. The predicted octanol–water partition coefficient (Wildman–Crippen LogP) is 2.50. The Labute approximate surface area is 113 Å². The van der Waals surface area contributed by atoms with Gasteiger partial charge in [0.1, 0.15) is 6.04 Å². The minimum absolute atomic E-state index is 0.316. The molecule has 2 rings (SSSR count). The van der Waals surface area contributed by atoms with Crippen molar-refractivity contribution in [3.05, 3.63) is 14.7 Å². The van der Waals surface area contributed by atoms with Crippen molar-refractivity contribution in [2.24, 2.45) is 0 Å². The Balaban J connectivity index is 2.44. The predicted molar refractivity (Wildman–Crippen MR) is 69.3 cm³/mol. The van der Waals surface area contributed by atoms with E-state index in [1.807, 2.05) is 0 Å². The molecular weight excluding hydrogens is 324 g/mol. The molecule has 0 aliphatic carbocycles. The molecular formula is C10H11BrN2O2S2. The molecule has 0 bridgehead atoms. The summed E-state index contributed by atoms with van der Waals surface area (Å²) >= 11 is 4.68. The lowest BCUT2D eigenvalue weighted by Gasteiger charge is -2.18. The van der Waals surface area contributed by atoms with Gasteiger partial charge < -0.3 is 0 Å². The third-order valence-electron chi connectivity index (χ3n) is 2.78. The topological polar surface area (TPSA) is 61.2 Å². The molecule has 0 radical (unpaired) electrons. The molecule has 1 atom stereocenters. The fraction of sp³-hybridized carbons (Fsp3) is 0.500. The van der Waals surface area contributed by atoms with E-state index < -0.39 is 16.1 Å². The quantitative estimate of drug-likeness (QED) is 0.834. The first kappa shape index (κ1) is 13.0. The lowest BCUT2D eigenvalue weighted by molar-refractivity contribution is 0.437. The minimum Gasteiger partial charge on any atom is -0.207 e. The molecule has 92 valence electrons. The molecule has 0 N–H and O–H groups in total. The molecule has 0 spiro atoms. The van der Waals surface area contributed by atoms with Gasteiger partial charge in [0, 0.05) is 11.4 Å². The number of nitrogens with zero attached hydrogens (tertiary/aromatic N) is 2. The zero-order chi connectivity index (χ0) is 12.6. The Kier molecular flexibility index (Phi) is 3.59. The number of thiophene rings is 1. The SMILES string of the molecule is Cc1sc(Br)cc1S(=O)(=O)N1CCCC1C#N. The molecule has 0 saturated carbocycles. The number of hydrogen-bond acceptors (Lipinski definition) is 4. The van der Waals surface area contributed by atoms with Crippen molar-refractivity contribution >= 4 is 37.3 Å². The average Bonchev–Trinajstić information content (AvgIpc) is 2.84. The largest absolute Gasteiger partial charge is 0.245 e. The van der Waals surface area contributed by atoms with E-state index in [0.29, 0.717) is 17.9 Å². The van der Waals surface area contributed by atoms with E-state index in [-0.39, 0.29) is 0 Å². The van der Waals surface area contributed by atoms with Crippen LogP contribution in [0.25, 0.3) is 0 Å². The summed E-state index contributed by atoms with van der Waals surface area (Å²) < 4.78 is 26.9. The van der Waals surface area contributed by atoms with Gasteiger partial charge >= 0.3 is 0 Å². The maximum Gasteiger partial charge on any atom is 0.245 e. The Bertz CT molecular complexity index is 574. The van der Waals surface area contributed by atoms with Gasteiger partial charge in [-0.15, -0.1) is 11.3 Å². The summed E-state index contributed by atoms with van der Waals surface area (Å²) in [5, 5.41) is 8.96. The first-order valence-corrected chi connectivity index (χ1v) is 8.19. The molecule has 0 aromatic carbocycles. The van der Waals surface area contributed by atoms with Crippen LogP contribution in [0.5, 0.6) is 0 Å². The van der Waals surface area contributed by atoms with Gasteiger partial charge in [-0.2, -0.15) is 9.57 Å².